The minimum Gasteiger partial charge on any atom is -0.452 e. The maximum atomic E-state index is 12.2. The van der Waals surface area contributed by atoms with Gasteiger partial charge in [-0.3, -0.25) is 13.9 Å². The number of ether oxygens (including phenoxy) is 1. The van der Waals surface area contributed by atoms with Crippen molar-refractivity contribution in [2.45, 2.75) is 32.7 Å². The van der Waals surface area contributed by atoms with Crippen LogP contribution in [0.3, 0.4) is 0 Å². The molecule has 10 heteroatoms. The van der Waals surface area contributed by atoms with Crippen LogP contribution in [0, 0.1) is 0 Å². The summed E-state index contributed by atoms with van der Waals surface area (Å²) in [6.07, 6.45) is 2.44. The van der Waals surface area contributed by atoms with Gasteiger partial charge < -0.3 is 15.4 Å². The number of hydrogen-bond acceptors (Lipinski definition) is 6. The highest BCUT2D eigenvalue weighted by molar-refractivity contribution is 7.92. The zero-order chi connectivity index (χ0) is 20.9. The molecule has 0 fully saturated rings. The number of fused-ring (bicyclic) bond motifs is 1. The molecule has 0 aromatic heterocycles. The molecule has 0 radical (unpaired) electrons. The second kappa shape index (κ2) is 9.05. The third-order valence-corrected chi connectivity index (χ3v) is 5.43. The molecule has 9 nitrogen and oxygen atoms in total. The monoisotopic (exact) mass is 411 g/mol. The van der Waals surface area contributed by atoms with E-state index in [1.54, 1.807) is 19.1 Å². The minimum atomic E-state index is -3.39. The molecule has 2 amide bonds. The first kappa shape index (κ1) is 21.7. The SMILES string of the molecule is CCNC(=O)[C@@H](C)NC(=O)COC(=O)c1ccc2c(c1)CCCN2S(C)(=O)=O. The number of carbonyl (C=O) groups excluding carboxylic acids is 3. The van der Waals surface area contributed by atoms with Gasteiger partial charge in [-0.05, 0) is 50.5 Å². The van der Waals surface area contributed by atoms with Gasteiger partial charge in [0.2, 0.25) is 15.9 Å². The molecule has 1 aromatic carbocycles. The van der Waals surface area contributed by atoms with E-state index >= 15 is 0 Å². The van der Waals surface area contributed by atoms with Crippen LogP contribution < -0.4 is 14.9 Å². The van der Waals surface area contributed by atoms with Crippen LogP contribution in [-0.2, 0) is 30.8 Å². The second-order valence-electron chi connectivity index (χ2n) is 6.54. The standard InChI is InChI=1S/C18H25N3O6S/c1-4-19-17(23)12(2)20-16(22)11-27-18(24)14-7-8-15-13(10-14)6-5-9-21(15)28(3,25)26/h7-8,10,12H,4-6,9,11H2,1-3H3,(H,19,23)(H,20,22)/t12-/m1/s1. The van der Waals surface area contributed by atoms with Crippen LogP contribution in [0.15, 0.2) is 18.2 Å². The predicted octanol–water partition coefficient (Wildman–Crippen LogP) is 0.196. The summed E-state index contributed by atoms with van der Waals surface area (Å²) in [5.41, 5.74) is 1.53. The van der Waals surface area contributed by atoms with Gasteiger partial charge in [-0.15, -0.1) is 0 Å². The number of hydrogen-bond donors (Lipinski definition) is 2. The normalized spacial score (nSPS) is 14.6. The third-order valence-electron chi connectivity index (χ3n) is 4.25. The molecular weight excluding hydrogens is 386 g/mol. The minimum absolute atomic E-state index is 0.235. The number of likely N-dealkylation sites (N-methyl/N-ethyl adjacent to an activating group) is 1. The summed E-state index contributed by atoms with van der Waals surface area (Å²) in [6, 6.07) is 3.89. The highest BCUT2D eigenvalue weighted by atomic mass is 32.2. The number of esters is 1. The van der Waals surface area contributed by atoms with Crippen molar-refractivity contribution >= 4 is 33.5 Å². The Morgan fingerprint density at radius 1 is 1.29 bits per heavy atom. The maximum absolute atomic E-state index is 12.2. The van der Waals surface area contributed by atoms with E-state index in [2.05, 4.69) is 10.6 Å². The lowest BCUT2D eigenvalue weighted by Gasteiger charge is -2.29. The molecule has 28 heavy (non-hydrogen) atoms. The quantitative estimate of drug-likeness (QED) is 0.618. The molecular formula is C18H25N3O6S. The number of benzene rings is 1. The van der Waals surface area contributed by atoms with E-state index in [0.717, 1.165) is 11.8 Å². The Morgan fingerprint density at radius 2 is 2.00 bits per heavy atom. The molecule has 2 rings (SSSR count). The lowest BCUT2D eigenvalue weighted by atomic mass is 10.0. The topological polar surface area (TPSA) is 122 Å². The van der Waals surface area contributed by atoms with Gasteiger partial charge in [-0.2, -0.15) is 0 Å². The Bertz CT molecular complexity index is 868. The fourth-order valence-corrected chi connectivity index (χ4v) is 3.92. The molecule has 1 atom stereocenters. The van der Waals surface area contributed by atoms with Crippen molar-refractivity contribution in [2.75, 3.05) is 30.3 Å². The van der Waals surface area contributed by atoms with E-state index in [1.165, 1.54) is 17.3 Å². The van der Waals surface area contributed by atoms with Crippen LogP contribution in [0.5, 0.6) is 0 Å². The fraction of sp³-hybridized carbons (Fsp3) is 0.500. The average Bonchev–Trinajstić information content (AvgIpc) is 2.64. The van der Waals surface area contributed by atoms with Crippen molar-refractivity contribution in [3.63, 3.8) is 0 Å². The first-order chi connectivity index (χ1) is 13.1. The first-order valence-corrected chi connectivity index (χ1v) is 10.8. The van der Waals surface area contributed by atoms with E-state index in [1.807, 2.05) is 0 Å². The van der Waals surface area contributed by atoms with Crippen LogP contribution >= 0.6 is 0 Å². The van der Waals surface area contributed by atoms with Gasteiger partial charge in [0.15, 0.2) is 6.61 Å². The molecule has 0 unspecified atom stereocenters. The van der Waals surface area contributed by atoms with Gasteiger partial charge in [0.05, 0.1) is 17.5 Å². The highest BCUT2D eigenvalue weighted by Crippen LogP contribution is 2.30. The van der Waals surface area contributed by atoms with Crippen molar-refractivity contribution in [1.29, 1.82) is 0 Å². The van der Waals surface area contributed by atoms with Gasteiger partial charge in [0.25, 0.3) is 5.91 Å². The Kier molecular flexibility index (Phi) is 7.00. The molecule has 1 aliphatic rings. The average molecular weight is 411 g/mol. The van der Waals surface area contributed by atoms with Crippen molar-refractivity contribution < 1.29 is 27.5 Å². The Labute approximate surface area is 164 Å². The van der Waals surface area contributed by atoms with E-state index < -0.39 is 34.5 Å². The lowest BCUT2D eigenvalue weighted by Crippen LogP contribution is -2.46. The van der Waals surface area contributed by atoms with Crippen LogP contribution in [0.4, 0.5) is 5.69 Å². The summed E-state index contributed by atoms with van der Waals surface area (Å²) in [4.78, 5) is 35.7. The summed E-state index contributed by atoms with van der Waals surface area (Å²) in [5, 5.41) is 5.02. The predicted molar refractivity (Wildman–Crippen MR) is 104 cm³/mol. The summed E-state index contributed by atoms with van der Waals surface area (Å²) < 4.78 is 30.1. The molecule has 1 heterocycles. The smallest absolute Gasteiger partial charge is 0.338 e. The van der Waals surface area contributed by atoms with Gasteiger partial charge in [0.1, 0.15) is 6.04 Å². The highest BCUT2D eigenvalue weighted by Gasteiger charge is 2.25. The Hall–Kier alpha value is -2.62. The van der Waals surface area contributed by atoms with Crippen molar-refractivity contribution in [1.82, 2.24) is 10.6 Å². The number of aryl methyl sites for hydroxylation is 1. The van der Waals surface area contributed by atoms with Crippen LogP contribution in [0.2, 0.25) is 0 Å². The van der Waals surface area contributed by atoms with Gasteiger partial charge in [-0.1, -0.05) is 0 Å². The largest absolute Gasteiger partial charge is 0.452 e. The number of nitrogens with zero attached hydrogens (tertiary/aromatic N) is 1. The van der Waals surface area contributed by atoms with Crippen molar-refractivity contribution in [2.24, 2.45) is 0 Å². The van der Waals surface area contributed by atoms with Crippen LogP contribution in [0.1, 0.15) is 36.2 Å². The molecule has 154 valence electrons. The third kappa shape index (κ3) is 5.44. The lowest BCUT2D eigenvalue weighted by molar-refractivity contribution is -0.130. The molecule has 0 saturated heterocycles. The molecule has 0 saturated carbocycles. The number of sulfonamides is 1. The van der Waals surface area contributed by atoms with Crippen LogP contribution in [0.25, 0.3) is 0 Å². The fourth-order valence-electron chi connectivity index (χ4n) is 2.92. The summed E-state index contributed by atoms with van der Waals surface area (Å²) >= 11 is 0. The van der Waals surface area contributed by atoms with Gasteiger partial charge in [-0.25, -0.2) is 13.2 Å². The van der Waals surface area contributed by atoms with Crippen LogP contribution in [-0.4, -0.2) is 58.2 Å². The molecule has 2 N–H and O–H groups in total. The van der Waals surface area contributed by atoms with Gasteiger partial charge >= 0.3 is 5.97 Å². The molecule has 1 aliphatic heterocycles. The molecule has 0 aliphatic carbocycles. The van der Waals surface area contributed by atoms with E-state index in [4.69, 9.17) is 4.74 Å². The summed E-state index contributed by atoms with van der Waals surface area (Å²) in [5.74, 6) is -1.61. The number of anilines is 1. The van der Waals surface area contributed by atoms with Gasteiger partial charge in [0, 0.05) is 13.1 Å². The summed E-state index contributed by atoms with van der Waals surface area (Å²) in [6.45, 7) is 3.63. The zero-order valence-electron chi connectivity index (χ0n) is 16.1. The number of carbonyl (C=O) groups is 3. The number of nitrogens with one attached hydrogen (secondary N) is 2. The summed E-state index contributed by atoms with van der Waals surface area (Å²) in [7, 11) is -3.39. The first-order valence-electron chi connectivity index (χ1n) is 8.98. The van der Waals surface area contributed by atoms with Crippen molar-refractivity contribution in [3.05, 3.63) is 29.3 Å². The number of amides is 2. The van der Waals surface area contributed by atoms with E-state index in [0.29, 0.717) is 31.6 Å². The zero-order valence-corrected chi connectivity index (χ0v) is 17.0. The molecule has 0 spiro atoms. The van der Waals surface area contributed by atoms with E-state index in [9.17, 15) is 22.8 Å². The maximum Gasteiger partial charge on any atom is 0.338 e. The Morgan fingerprint density at radius 3 is 2.64 bits per heavy atom. The molecule has 1 aromatic rings. The Balaban J connectivity index is 1.98. The molecule has 0 bridgehead atoms. The number of rotatable bonds is 7. The van der Waals surface area contributed by atoms with E-state index in [-0.39, 0.29) is 11.5 Å². The second-order valence-corrected chi connectivity index (χ2v) is 8.45. The van der Waals surface area contributed by atoms with Crippen molar-refractivity contribution in [3.8, 4) is 0 Å².